The molecule has 0 radical (unpaired) electrons. The maximum Gasteiger partial charge on any atom is 0.332 e. The number of ether oxygens (including phenoxy) is 2. The first-order chi connectivity index (χ1) is 7.63. The summed E-state index contributed by atoms with van der Waals surface area (Å²) < 4.78 is 11.0. The number of rotatable bonds is 6. The van der Waals surface area contributed by atoms with E-state index in [2.05, 4.69) is 0 Å². The van der Waals surface area contributed by atoms with E-state index >= 15 is 0 Å². The van der Waals surface area contributed by atoms with Crippen molar-refractivity contribution in [1.82, 2.24) is 0 Å². The molecule has 0 saturated carbocycles. The first-order valence-electron chi connectivity index (χ1n) is 5.82. The molecular formula is C11H21NO4. The van der Waals surface area contributed by atoms with Crippen molar-refractivity contribution >= 4 is 5.97 Å². The van der Waals surface area contributed by atoms with Crippen molar-refractivity contribution in [3.05, 3.63) is 0 Å². The van der Waals surface area contributed by atoms with Crippen molar-refractivity contribution < 1.29 is 19.4 Å². The van der Waals surface area contributed by atoms with Gasteiger partial charge in [-0.25, -0.2) is 4.79 Å². The SMILES string of the molecule is CCCC(OC1(CN)CCOCC1)C(=O)O. The zero-order valence-corrected chi connectivity index (χ0v) is 9.78. The van der Waals surface area contributed by atoms with Crippen molar-refractivity contribution in [3.63, 3.8) is 0 Å². The van der Waals surface area contributed by atoms with Crippen LogP contribution in [0.15, 0.2) is 0 Å². The Morgan fingerprint density at radius 2 is 2.19 bits per heavy atom. The molecule has 0 bridgehead atoms. The lowest BCUT2D eigenvalue weighted by Crippen LogP contribution is -2.49. The summed E-state index contributed by atoms with van der Waals surface area (Å²) in [5.41, 5.74) is 5.21. The van der Waals surface area contributed by atoms with Crippen LogP contribution in [0.1, 0.15) is 32.6 Å². The minimum Gasteiger partial charge on any atom is -0.479 e. The summed E-state index contributed by atoms with van der Waals surface area (Å²) >= 11 is 0. The van der Waals surface area contributed by atoms with Gasteiger partial charge in [0.1, 0.15) is 0 Å². The van der Waals surface area contributed by atoms with Gasteiger partial charge in [-0.15, -0.1) is 0 Å². The van der Waals surface area contributed by atoms with Gasteiger partial charge < -0.3 is 20.3 Å². The first-order valence-corrected chi connectivity index (χ1v) is 5.82. The number of hydrogen-bond donors (Lipinski definition) is 2. The van der Waals surface area contributed by atoms with E-state index in [0.29, 0.717) is 39.0 Å². The number of carboxylic acids is 1. The minimum atomic E-state index is -0.902. The quantitative estimate of drug-likeness (QED) is 0.705. The normalized spacial score (nSPS) is 21.6. The molecule has 1 aliphatic rings. The Morgan fingerprint density at radius 3 is 2.62 bits per heavy atom. The summed E-state index contributed by atoms with van der Waals surface area (Å²) in [7, 11) is 0. The van der Waals surface area contributed by atoms with Crippen molar-refractivity contribution in [2.24, 2.45) is 5.73 Å². The standard InChI is InChI=1S/C11H21NO4/c1-2-3-9(10(13)14)16-11(8-12)4-6-15-7-5-11/h9H,2-8,12H2,1H3,(H,13,14). The van der Waals surface area contributed by atoms with Crippen molar-refractivity contribution in [1.29, 1.82) is 0 Å². The number of carboxylic acid groups (broad SMARTS) is 1. The van der Waals surface area contributed by atoms with E-state index in [4.69, 9.17) is 20.3 Å². The summed E-state index contributed by atoms with van der Waals surface area (Å²) in [6.07, 6.45) is 1.92. The van der Waals surface area contributed by atoms with Gasteiger partial charge in [-0.3, -0.25) is 0 Å². The summed E-state index contributed by atoms with van der Waals surface area (Å²) in [4.78, 5) is 11.0. The Bertz CT molecular complexity index is 226. The molecular weight excluding hydrogens is 210 g/mol. The van der Waals surface area contributed by atoms with Crippen LogP contribution in [0, 0.1) is 0 Å². The lowest BCUT2D eigenvalue weighted by atomic mass is 9.93. The number of nitrogens with two attached hydrogens (primary N) is 1. The fourth-order valence-electron chi connectivity index (χ4n) is 1.91. The molecule has 1 heterocycles. The van der Waals surface area contributed by atoms with E-state index in [1.165, 1.54) is 0 Å². The molecule has 5 nitrogen and oxygen atoms in total. The van der Waals surface area contributed by atoms with Gasteiger partial charge in [-0.05, 0) is 6.42 Å². The third kappa shape index (κ3) is 3.43. The van der Waals surface area contributed by atoms with Gasteiger partial charge in [0.2, 0.25) is 0 Å². The Morgan fingerprint density at radius 1 is 1.56 bits per heavy atom. The van der Waals surface area contributed by atoms with Crippen LogP contribution < -0.4 is 5.73 Å². The van der Waals surface area contributed by atoms with Gasteiger partial charge >= 0.3 is 5.97 Å². The monoisotopic (exact) mass is 231 g/mol. The van der Waals surface area contributed by atoms with E-state index in [9.17, 15) is 4.79 Å². The minimum absolute atomic E-state index is 0.351. The Hall–Kier alpha value is -0.650. The molecule has 0 aromatic carbocycles. The average molecular weight is 231 g/mol. The molecule has 1 aliphatic heterocycles. The van der Waals surface area contributed by atoms with Crippen LogP contribution in [-0.4, -0.2) is 42.5 Å². The fraction of sp³-hybridized carbons (Fsp3) is 0.909. The highest BCUT2D eigenvalue weighted by Gasteiger charge is 2.36. The molecule has 16 heavy (non-hydrogen) atoms. The van der Waals surface area contributed by atoms with E-state index in [0.717, 1.165) is 6.42 Å². The topological polar surface area (TPSA) is 81.8 Å². The van der Waals surface area contributed by atoms with Crippen molar-refractivity contribution in [2.75, 3.05) is 19.8 Å². The van der Waals surface area contributed by atoms with Gasteiger partial charge in [0.15, 0.2) is 6.10 Å². The molecule has 0 aromatic rings. The number of aliphatic carboxylic acids is 1. The molecule has 0 aliphatic carbocycles. The maximum atomic E-state index is 11.0. The van der Waals surface area contributed by atoms with Crippen LogP contribution in [-0.2, 0) is 14.3 Å². The van der Waals surface area contributed by atoms with Gasteiger partial charge in [-0.1, -0.05) is 13.3 Å². The van der Waals surface area contributed by atoms with Crippen LogP contribution in [0.25, 0.3) is 0 Å². The lowest BCUT2D eigenvalue weighted by molar-refractivity contribution is -0.175. The average Bonchev–Trinajstić information content (AvgIpc) is 2.29. The van der Waals surface area contributed by atoms with Gasteiger partial charge in [0, 0.05) is 32.6 Å². The summed E-state index contributed by atoms with van der Waals surface area (Å²) in [6, 6.07) is 0. The second-order valence-electron chi connectivity index (χ2n) is 4.23. The van der Waals surface area contributed by atoms with Gasteiger partial charge in [0.25, 0.3) is 0 Å². The lowest BCUT2D eigenvalue weighted by Gasteiger charge is -2.38. The largest absolute Gasteiger partial charge is 0.479 e. The molecule has 1 unspecified atom stereocenters. The Balaban J connectivity index is 2.61. The molecule has 3 N–H and O–H groups in total. The number of carbonyl (C=O) groups is 1. The van der Waals surface area contributed by atoms with Gasteiger partial charge in [0.05, 0.1) is 5.60 Å². The first kappa shape index (κ1) is 13.4. The second kappa shape index (κ2) is 6.18. The number of hydrogen-bond acceptors (Lipinski definition) is 4. The van der Waals surface area contributed by atoms with Crippen LogP contribution in [0.3, 0.4) is 0 Å². The molecule has 0 spiro atoms. The van der Waals surface area contributed by atoms with Crippen LogP contribution in [0.2, 0.25) is 0 Å². The van der Waals surface area contributed by atoms with Crippen molar-refractivity contribution in [3.8, 4) is 0 Å². The van der Waals surface area contributed by atoms with Crippen LogP contribution in [0.4, 0.5) is 0 Å². The third-order valence-corrected chi connectivity index (χ3v) is 2.99. The van der Waals surface area contributed by atoms with E-state index in [-0.39, 0.29) is 0 Å². The van der Waals surface area contributed by atoms with Crippen molar-refractivity contribution in [2.45, 2.75) is 44.3 Å². The van der Waals surface area contributed by atoms with Gasteiger partial charge in [-0.2, -0.15) is 0 Å². The molecule has 5 heteroatoms. The molecule has 1 saturated heterocycles. The highest BCUT2D eigenvalue weighted by atomic mass is 16.5. The summed E-state index contributed by atoms with van der Waals surface area (Å²) in [5, 5.41) is 9.05. The Kier molecular flexibility index (Phi) is 5.18. The zero-order valence-electron chi connectivity index (χ0n) is 9.78. The third-order valence-electron chi connectivity index (χ3n) is 2.99. The van der Waals surface area contributed by atoms with E-state index in [1.54, 1.807) is 0 Å². The van der Waals surface area contributed by atoms with E-state index in [1.807, 2.05) is 6.92 Å². The van der Waals surface area contributed by atoms with E-state index < -0.39 is 17.7 Å². The highest BCUT2D eigenvalue weighted by Crippen LogP contribution is 2.26. The molecule has 0 aromatic heterocycles. The summed E-state index contributed by atoms with van der Waals surface area (Å²) in [5.74, 6) is -0.902. The molecule has 1 atom stereocenters. The predicted molar refractivity (Wildman–Crippen MR) is 59.3 cm³/mol. The fourth-order valence-corrected chi connectivity index (χ4v) is 1.91. The zero-order chi connectivity index (χ0) is 12.0. The molecule has 0 amide bonds. The van der Waals surface area contributed by atoms with Crippen LogP contribution >= 0.6 is 0 Å². The molecule has 1 rings (SSSR count). The summed E-state index contributed by atoms with van der Waals surface area (Å²) in [6.45, 7) is 3.48. The predicted octanol–water partition coefficient (Wildman–Crippen LogP) is 0.764. The maximum absolute atomic E-state index is 11.0. The molecule has 1 fully saturated rings. The highest BCUT2D eigenvalue weighted by molar-refractivity contribution is 5.72. The second-order valence-corrected chi connectivity index (χ2v) is 4.23. The Labute approximate surface area is 95.9 Å². The van der Waals surface area contributed by atoms with Crippen LogP contribution in [0.5, 0.6) is 0 Å². The smallest absolute Gasteiger partial charge is 0.332 e. The molecule has 94 valence electrons.